The van der Waals surface area contributed by atoms with Gasteiger partial charge in [-0.25, -0.2) is 0 Å². The van der Waals surface area contributed by atoms with Crippen LogP contribution in [0.4, 0.5) is 0 Å². The van der Waals surface area contributed by atoms with E-state index >= 15 is 0 Å². The van der Waals surface area contributed by atoms with Crippen LogP contribution >= 0.6 is 0 Å². The SMILES string of the molecule is CCCC(C)CNCc1ccnn1C. The summed E-state index contributed by atoms with van der Waals surface area (Å²) in [7, 11) is 1.98. The summed E-state index contributed by atoms with van der Waals surface area (Å²) in [4.78, 5) is 0. The Bertz CT molecular complexity index is 255. The van der Waals surface area contributed by atoms with Gasteiger partial charge in [-0.15, -0.1) is 0 Å². The van der Waals surface area contributed by atoms with Gasteiger partial charge in [0.1, 0.15) is 0 Å². The topological polar surface area (TPSA) is 29.9 Å². The number of rotatable bonds is 6. The number of nitrogens with one attached hydrogen (secondary N) is 1. The monoisotopic (exact) mass is 195 g/mol. The van der Waals surface area contributed by atoms with Crippen LogP contribution in [-0.4, -0.2) is 16.3 Å². The highest BCUT2D eigenvalue weighted by molar-refractivity contribution is 4.98. The normalized spacial score (nSPS) is 13.1. The fraction of sp³-hybridized carbons (Fsp3) is 0.727. The van der Waals surface area contributed by atoms with Crippen molar-refractivity contribution in [2.45, 2.75) is 33.2 Å². The summed E-state index contributed by atoms with van der Waals surface area (Å²) < 4.78 is 1.91. The number of hydrogen-bond donors (Lipinski definition) is 1. The molecule has 14 heavy (non-hydrogen) atoms. The molecule has 0 amide bonds. The van der Waals surface area contributed by atoms with Gasteiger partial charge in [-0.3, -0.25) is 4.68 Å². The molecule has 0 fully saturated rings. The molecule has 3 heteroatoms. The molecular weight excluding hydrogens is 174 g/mol. The fourth-order valence-electron chi connectivity index (χ4n) is 1.62. The molecule has 1 rings (SSSR count). The predicted octanol–water partition coefficient (Wildman–Crippen LogP) is 1.95. The van der Waals surface area contributed by atoms with Gasteiger partial charge < -0.3 is 5.32 Å². The second kappa shape index (κ2) is 5.81. The van der Waals surface area contributed by atoms with Crippen molar-refractivity contribution in [3.8, 4) is 0 Å². The lowest BCUT2D eigenvalue weighted by Crippen LogP contribution is -2.21. The van der Waals surface area contributed by atoms with E-state index < -0.39 is 0 Å². The maximum Gasteiger partial charge on any atom is 0.0518 e. The summed E-state index contributed by atoms with van der Waals surface area (Å²) in [5, 5.41) is 7.58. The Labute approximate surface area is 86.5 Å². The maximum atomic E-state index is 4.13. The fourth-order valence-corrected chi connectivity index (χ4v) is 1.62. The van der Waals surface area contributed by atoms with Crippen LogP contribution in [0.1, 0.15) is 32.4 Å². The average Bonchev–Trinajstić information content (AvgIpc) is 2.52. The predicted molar refractivity (Wildman–Crippen MR) is 59.0 cm³/mol. The molecule has 0 radical (unpaired) electrons. The van der Waals surface area contributed by atoms with Crippen LogP contribution in [0.25, 0.3) is 0 Å². The van der Waals surface area contributed by atoms with Crippen molar-refractivity contribution in [2.24, 2.45) is 13.0 Å². The molecule has 3 nitrogen and oxygen atoms in total. The van der Waals surface area contributed by atoms with Gasteiger partial charge in [0.2, 0.25) is 0 Å². The first-order valence-corrected chi connectivity index (χ1v) is 5.41. The Hall–Kier alpha value is -0.830. The summed E-state index contributed by atoms with van der Waals surface area (Å²) in [6.45, 7) is 6.54. The van der Waals surface area contributed by atoms with E-state index in [4.69, 9.17) is 0 Å². The third-order valence-electron chi connectivity index (χ3n) is 2.50. The summed E-state index contributed by atoms with van der Waals surface area (Å²) in [6.07, 6.45) is 4.42. The zero-order valence-electron chi connectivity index (χ0n) is 9.45. The molecule has 0 bridgehead atoms. The van der Waals surface area contributed by atoms with Gasteiger partial charge in [0.05, 0.1) is 5.69 Å². The Morgan fingerprint density at radius 2 is 2.36 bits per heavy atom. The summed E-state index contributed by atoms with van der Waals surface area (Å²) in [5.74, 6) is 0.772. The summed E-state index contributed by atoms with van der Waals surface area (Å²) in [5.41, 5.74) is 1.24. The quantitative estimate of drug-likeness (QED) is 0.752. The van der Waals surface area contributed by atoms with Gasteiger partial charge >= 0.3 is 0 Å². The molecule has 80 valence electrons. The highest BCUT2D eigenvalue weighted by atomic mass is 15.3. The van der Waals surface area contributed by atoms with Gasteiger partial charge in [-0.1, -0.05) is 20.3 Å². The van der Waals surface area contributed by atoms with Crippen molar-refractivity contribution >= 4 is 0 Å². The molecule has 0 saturated carbocycles. The van der Waals surface area contributed by atoms with Gasteiger partial charge in [0.25, 0.3) is 0 Å². The molecule has 1 atom stereocenters. The number of nitrogens with zero attached hydrogens (tertiary/aromatic N) is 2. The Balaban J connectivity index is 2.19. The molecule has 0 aromatic carbocycles. The molecule has 0 spiro atoms. The molecule has 1 heterocycles. The van der Waals surface area contributed by atoms with E-state index in [1.165, 1.54) is 18.5 Å². The van der Waals surface area contributed by atoms with Crippen molar-refractivity contribution in [2.75, 3.05) is 6.54 Å². The highest BCUT2D eigenvalue weighted by Crippen LogP contribution is 2.03. The average molecular weight is 195 g/mol. The second-order valence-electron chi connectivity index (χ2n) is 3.97. The number of hydrogen-bond acceptors (Lipinski definition) is 2. The Morgan fingerprint density at radius 1 is 1.57 bits per heavy atom. The van der Waals surface area contributed by atoms with Gasteiger partial charge in [0, 0.05) is 19.8 Å². The lowest BCUT2D eigenvalue weighted by molar-refractivity contribution is 0.469. The van der Waals surface area contributed by atoms with E-state index in [-0.39, 0.29) is 0 Å². The van der Waals surface area contributed by atoms with Crippen LogP contribution in [0.15, 0.2) is 12.3 Å². The van der Waals surface area contributed by atoms with Crippen LogP contribution in [0.2, 0.25) is 0 Å². The second-order valence-corrected chi connectivity index (χ2v) is 3.97. The van der Waals surface area contributed by atoms with Crippen LogP contribution in [0, 0.1) is 5.92 Å². The zero-order valence-corrected chi connectivity index (χ0v) is 9.45. The molecule has 1 aromatic heterocycles. The summed E-state index contributed by atoms with van der Waals surface area (Å²) >= 11 is 0. The Kier molecular flexibility index (Phi) is 4.66. The smallest absolute Gasteiger partial charge is 0.0518 e. The van der Waals surface area contributed by atoms with Crippen molar-refractivity contribution in [1.82, 2.24) is 15.1 Å². The first-order valence-electron chi connectivity index (χ1n) is 5.41. The van der Waals surface area contributed by atoms with E-state index in [0.29, 0.717) is 0 Å². The zero-order chi connectivity index (χ0) is 10.4. The van der Waals surface area contributed by atoms with E-state index in [9.17, 15) is 0 Å². The van der Waals surface area contributed by atoms with Gasteiger partial charge in [0.15, 0.2) is 0 Å². The van der Waals surface area contributed by atoms with E-state index in [0.717, 1.165) is 19.0 Å². The molecule has 0 aliphatic carbocycles. The van der Waals surface area contributed by atoms with Crippen LogP contribution in [-0.2, 0) is 13.6 Å². The van der Waals surface area contributed by atoms with E-state index in [2.05, 4.69) is 30.3 Å². The van der Waals surface area contributed by atoms with Crippen LogP contribution in [0.3, 0.4) is 0 Å². The summed E-state index contributed by atoms with van der Waals surface area (Å²) in [6, 6.07) is 2.05. The molecule has 1 aromatic rings. The molecule has 1 N–H and O–H groups in total. The largest absolute Gasteiger partial charge is 0.311 e. The number of aryl methyl sites for hydroxylation is 1. The van der Waals surface area contributed by atoms with Crippen LogP contribution < -0.4 is 5.32 Å². The highest BCUT2D eigenvalue weighted by Gasteiger charge is 2.01. The Morgan fingerprint density at radius 3 is 2.93 bits per heavy atom. The molecule has 0 aliphatic heterocycles. The minimum absolute atomic E-state index is 0.772. The standard InChI is InChI=1S/C11H21N3/c1-4-5-10(2)8-12-9-11-6-7-13-14(11)3/h6-7,10,12H,4-5,8-9H2,1-3H3. The first kappa shape index (κ1) is 11.2. The van der Waals surface area contributed by atoms with Crippen molar-refractivity contribution in [3.63, 3.8) is 0 Å². The van der Waals surface area contributed by atoms with Crippen LogP contribution in [0.5, 0.6) is 0 Å². The van der Waals surface area contributed by atoms with E-state index in [1.54, 1.807) is 0 Å². The van der Waals surface area contributed by atoms with Gasteiger partial charge in [-0.2, -0.15) is 5.10 Å². The maximum absolute atomic E-state index is 4.13. The molecule has 0 saturated heterocycles. The van der Waals surface area contributed by atoms with Crippen molar-refractivity contribution in [3.05, 3.63) is 18.0 Å². The van der Waals surface area contributed by atoms with Crippen molar-refractivity contribution in [1.29, 1.82) is 0 Å². The van der Waals surface area contributed by atoms with Gasteiger partial charge in [-0.05, 0) is 24.9 Å². The lowest BCUT2D eigenvalue weighted by atomic mass is 10.1. The van der Waals surface area contributed by atoms with Crippen molar-refractivity contribution < 1.29 is 0 Å². The molecule has 0 aliphatic rings. The lowest BCUT2D eigenvalue weighted by Gasteiger charge is -2.11. The minimum Gasteiger partial charge on any atom is -0.311 e. The number of aromatic nitrogens is 2. The first-order chi connectivity index (χ1) is 6.74. The molecular formula is C11H21N3. The third kappa shape index (κ3) is 3.50. The third-order valence-corrected chi connectivity index (χ3v) is 2.50. The van der Waals surface area contributed by atoms with E-state index in [1.807, 2.05) is 17.9 Å². The minimum atomic E-state index is 0.772. The molecule has 1 unspecified atom stereocenters.